The van der Waals surface area contributed by atoms with Crippen molar-refractivity contribution in [3.8, 4) is 0 Å². The fourth-order valence-electron chi connectivity index (χ4n) is 2.95. The molecular formula is C17H18F3N3O. The van der Waals surface area contributed by atoms with Crippen LogP contribution in [-0.4, -0.2) is 23.2 Å². The molecule has 0 radical (unpaired) electrons. The standard InChI is InChI=1S/C17H18F3N3O/c18-17(19,20)14-3-1-11(2-4-14)13-7-12(5-6-24-10-13)16-22-8-15(21)9-23-16/h1-4,8-9,12-13H,5-7,10,21H2/t12?,13-/m1/s1. The number of ether oxygens (including phenoxy) is 1. The number of nitrogens with zero attached hydrogens (tertiary/aromatic N) is 2. The zero-order valence-electron chi connectivity index (χ0n) is 13.0. The molecule has 1 aliphatic heterocycles. The fraction of sp³-hybridized carbons (Fsp3) is 0.412. The molecule has 1 fully saturated rings. The number of alkyl halides is 3. The average molecular weight is 337 g/mol. The molecule has 0 saturated carbocycles. The Labute approximate surface area is 137 Å². The van der Waals surface area contributed by atoms with Gasteiger partial charge in [0, 0.05) is 18.4 Å². The third-order valence-corrected chi connectivity index (χ3v) is 4.27. The second kappa shape index (κ2) is 6.76. The highest BCUT2D eigenvalue weighted by Crippen LogP contribution is 2.35. The molecule has 3 rings (SSSR count). The second-order valence-electron chi connectivity index (χ2n) is 5.99. The van der Waals surface area contributed by atoms with Crippen LogP contribution in [0.3, 0.4) is 0 Å². The monoisotopic (exact) mass is 337 g/mol. The molecule has 7 heteroatoms. The van der Waals surface area contributed by atoms with Gasteiger partial charge in [-0.05, 0) is 30.5 Å². The van der Waals surface area contributed by atoms with Crippen molar-refractivity contribution in [1.29, 1.82) is 0 Å². The average Bonchev–Trinajstić information content (AvgIpc) is 2.81. The lowest BCUT2D eigenvalue weighted by Crippen LogP contribution is -2.11. The Balaban J connectivity index is 1.78. The molecule has 128 valence electrons. The summed E-state index contributed by atoms with van der Waals surface area (Å²) in [6, 6.07) is 5.30. The number of anilines is 1. The van der Waals surface area contributed by atoms with Gasteiger partial charge < -0.3 is 10.5 Å². The van der Waals surface area contributed by atoms with E-state index < -0.39 is 11.7 Å². The van der Waals surface area contributed by atoms with E-state index in [1.165, 1.54) is 12.1 Å². The number of rotatable bonds is 2. The van der Waals surface area contributed by atoms with E-state index in [4.69, 9.17) is 10.5 Å². The topological polar surface area (TPSA) is 61.0 Å². The molecule has 0 amide bonds. The smallest absolute Gasteiger partial charge is 0.396 e. The minimum atomic E-state index is -4.32. The Morgan fingerprint density at radius 2 is 1.71 bits per heavy atom. The Morgan fingerprint density at radius 3 is 2.33 bits per heavy atom. The molecule has 1 aromatic carbocycles. The van der Waals surface area contributed by atoms with E-state index in [-0.39, 0.29) is 11.8 Å². The maximum atomic E-state index is 12.7. The quantitative estimate of drug-likeness (QED) is 0.906. The van der Waals surface area contributed by atoms with Crippen molar-refractivity contribution >= 4 is 5.69 Å². The molecule has 1 aromatic heterocycles. The molecule has 4 nitrogen and oxygen atoms in total. The second-order valence-corrected chi connectivity index (χ2v) is 5.99. The van der Waals surface area contributed by atoms with Crippen LogP contribution in [0.2, 0.25) is 0 Å². The lowest BCUT2D eigenvalue weighted by molar-refractivity contribution is -0.137. The molecule has 1 saturated heterocycles. The van der Waals surface area contributed by atoms with Crippen molar-refractivity contribution in [1.82, 2.24) is 9.97 Å². The van der Waals surface area contributed by atoms with Crippen LogP contribution in [0.25, 0.3) is 0 Å². The first-order valence-corrected chi connectivity index (χ1v) is 7.76. The van der Waals surface area contributed by atoms with Gasteiger partial charge in [-0.15, -0.1) is 0 Å². The Morgan fingerprint density at radius 1 is 1.04 bits per heavy atom. The zero-order valence-corrected chi connectivity index (χ0v) is 13.0. The summed E-state index contributed by atoms with van der Waals surface area (Å²) >= 11 is 0. The van der Waals surface area contributed by atoms with Crippen LogP contribution >= 0.6 is 0 Å². The number of aromatic nitrogens is 2. The van der Waals surface area contributed by atoms with E-state index in [0.29, 0.717) is 24.7 Å². The summed E-state index contributed by atoms with van der Waals surface area (Å²) < 4.78 is 43.7. The fourth-order valence-corrected chi connectivity index (χ4v) is 2.95. The molecule has 1 unspecified atom stereocenters. The van der Waals surface area contributed by atoms with E-state index in [2.05, 4.69) is 9.97 Å². The van der Waals surface area contributed by atoms with Crippen LogP contribution in [0.4, 0.5) is 18.9 Å². The van der Waals surface area contributed by atoms with Gasteiger partial charge >= 0.3 is 6.18 Å². The summed E-state index contributed by atoms with van der Waals surface area (Å²) in [4.78, 5) is 8.56. The highest BCUT2D eigenvalue weighted by atomic mass is 19.4. The summed E-state index contributed by atoms with van der Waals surface area (Å²) in [6.45, 7) is 1.06. The number of hydrogen-bond donors (Lipinski definition) is 1. The number of nitrogens with two attached hydrogens (primary N) is 1. The van der Waals surface area contributed by atoms with E-state index in [1.807, 2.05) is 0 Å². The largest absolute Gasteiger partial charge is 0.416 e. The van der Waals surface area contributed by atoms with E-state index in [0.717, 1.165) is 30.5 Å². The molecule has 2 aromatic rings. The van der Waals surface area contributed by atoms with Crippen molar-refractivity contribution < 1.29 is 17.9 Å². The highest BCUT2D eigenvalue weighted by molar-refractivity contribution is 5.31. The van der Waals surface area contributed by atoms with Gasteiger partial charge in [-0.2, -0.15) is 13.2 Å². The van der Waals surface area contributed by atoms with Crippen LogP contribution in [0.1, 0.15) is 41.6 Å². The van der Waals surface area contributed by atoms with Crippen molar-refractivity contribution in [2.45, 2.75) is 30.9 Å². The molecule has 24 heavy (non-hydrogen) atoms. The van der Waals surface area contributed by atoms with Crippen LogP contribution < -0.4 is 5.73 Å². The summed E-state index contributed by atoms with van der Waals surface area (Å²) in [5.74, 6) is 0.813. The van der Waals surface area contributed by atoms with E-state index in [1.54, 1.807) is 12.4 Å². The zero-order chi connectivity index (χ0) is 17.2. The number of nitrogen functional groups attached to an aromatic ring is 1. The van der Waals surface area contributed by atoms with E-state index >= 15 is 0 Å². The number of benzene rings is 1. The highest BCUT2D eigenvalue weighted by Gasteiger charge is 2.31. The molecule has 2 N–H and O–H groups in total. The third-order valence-electron chi connectivity index (χ3n) is 4.27. The summed E-state index contributed by atoms with van der Waals surface area (Å²) in [5.41, 5.74) is 6.31. The minimum Gasteiger partial charge on any atom is -0.396 e. The first kappa shape index (κ1) is 16.7. The lowest BCUT2D eigenvalue weighted by Gasteiger charge is -2.19. The maximum absolute atomic E-state index is 12.7. The van der Waals surface area contributed by atoms with Gasteiger partial charge in [-0.3, -0.25) is 0 Å². The molecule has 0 bridgehead atoms. The number of hydrogen-bond acceptors (Lipinski definition) is 4. The summed E-state index contributed by atoms with van der Waals surface area (Å²) in [7, 11) is 0. The van der Waals surface area contributed by atoms with E-state index in [9.17, 15) is 13.2 Å². The van der Waals surface area contributed by atoms with Crippen molar-refractivity contribution in [3.63, 3.8) is 0 Å². The molecule has 0 spiro atoms. The first-order chi connectivity index (χ1) is 11.4. The van der Waals surface area contributed by atoms with Gasteiger partial charge in [-0.1, -0.05) is 12.1 Å². The van der Waals surface area contributed by atoms with Crippen LogP contribution in [-0.2, 0) is 10.9 Å². The molecule has 1 aliphatic rings. The van der Waals surface area contributed by atoms with Gasteiger partial charge in [0.1, 0.15) is 5.82 Å². The number of halogens is 3. The Hall–Kier alpha value is -2.15. The normalized spacial score (nSPS) is 22.1. The molecule has 2 atom stereocenters. The Bertz CT molecular complexity index is 671. The van der Waals surface area contributed by atoms with Crippen LogP contribution in [0.15, 0.2) is 36.7 Å². The maximum Gasteiger partial charge on any atom is 0.416 e. The van der Waals surface area contributed by atoms with Gasteiger partial charge in [0.25, 0.3) is 0 Å². The van der Waals surface area contributed by atoms with Gasteiger partial charge in [-0.25, -0.2) is 9.97 Å². The molecule has 2 heterocycles. The lowest BCUT2D eigenvalue weighted by atomic mass is 9.88. The molecule has 0 aliphatic carbocycles. The summed E-state index contributed by atoms with van der Waals surface area (Å²) in [5, 5.41) is 0. The van der Waals surface area contributed by atoms with Crippen molar-refractivity contribution in [3.05, 3.63) is 53.6 Å². The minimum absolute atomic E-state index is 0.0148. The predicted molar refractivity (Wildman–Crippen MR) is 83.4 cm³/mol. The van der Waals surface area contributed by atoms with Gasteiger partial charge in [0.15, 0.2) is 0 Å². The summed E-state index contributed by atoms with van der Waals surface area (Å²) in [6.07, 6.45) is 0.331. The van der Waals surface area contributed by atoms with Gasteiger partial charge in [0.2, 0.25) is 0 Å². The SMILES string of the molecule is Nc1cnc(C2CCOC[C@H](c3ccc(C(F)(F)F)cc3)C2)nc1. The molecular weight excluding hydrogens is 319 g/mol. The third kappa shape index (κ3) is 3.84. The van der Waals surface area contributed by atoms with Crippen LogP contribution in [0, 0.1) is 0 Å². The van der Waals surface area contributed by atoms with Crippen LogP contribution in [0.5, 0.6) is 0 Å². The predicted octanol–water partition coefficient (Wildman–Crippen LogP) is 3.76. The van der Waals surface area contributed by atoms with Crippen molar-refractivity contribution in [2.75, 3.05) is 18.9 Å². The Kier molecular flexibility index (Phi) is 4.71. The van der Waals surface area contributed by atoms with Crippen molar-refractivity contribution in [2.24, 2.45) is 0 Å². The first-order valence-electron chi connectivity index (χ1n) is 7.76. The van der Waals surface area contributed by atoms with Gasteiger partial charge in [0.05, 0.1) is 30.3 Å².